The fourth-order valence-corrected chi connectivity index (χ4v) is 3.74. The third-order valence-corrected chi connectivity index (χ3v) is 5.13. The molecular weight excluding hydrogens is 355 g/mol. The van der Waals surface area contributed by atoms with Crippen molar-refractivity contribution < 1.29 is 9.18 Å². The third kappa shape index (κ3) is 3.63. The van der Waals surface area contributed by atoms with E-state index in [1.54, 1.807) is 35.5 Å². The molecule has 4 rings (SSSR count). The molecule has 1 aliphatic rings. The number of amides is 1. The smallest absolute Gasteiger partial charge is 0.256 e. The molecule has 6 heteroatoms. The molecule has 0 unspecified atom stereocenters. The first-order chi connectivity index (χ1) is 13.6. The highest BCUT2D eigenvalue weighted by Gasteiger charge is 2.29. The summed E-state index contributed by atoms with van der Waals surface area (Å²) in [7, 11) is 0. The van der Waals surface area contributed by atoms with Crippen LogP contribution in [0.25, 0.3) is 11.1 Å². The van der Waals surface area contributed by atoms with Crippen LogP contribution in [0.3, 0.4) is 0 Å². The summed E-state index contributed by atoms with van der Waals surface area (Å²) >= 11 is 0. The Morgan fingerprint density at radius 3 is 2.75 bits per heavy atom. The van der Waals surface area contributed by atoms with Gasteiger partial charge < -0.3 is 4.90 Å². The fourth-order valence-electron chi connectivity index (χ4n) is 3.74. The van der Waals surface area contributed by atoms with Crippen molar-refractivity contribution in [2.45, 2.75) is 25.7 Å². The average molecular weight is 376 g/mol. The standard InChI is InChI=1S/C22H21FN4O/c1-15-25-13-19(16-8-10-24-11-9-16)21(26-15)17-5-4-12-27(14-17)22(28)18-6-2-3-7-20(18)23/h2-3,6-11,13,17H,4-5,12,14H2,1H3/t17-/m1/s1. The van der Waals surface area contributed by atoms with Gasteiger partial charge in [0.05, 0.1) is 11.3 Å². The van der Waals surface area contributed by atoms with Crippen LogP contribution in [-0.2, 0) is 0 Å². The number of aryl methyl sites for hydroxylation is 1. The van der Waals surface area contributed by atoms with Crippen molar-refractivity contribution in [1.29, 1.82) is 0 Å². The van der Waals surface area contributed by atoms with E-state index >= 15 is 0 Å². The first kappa shape index (κ1) is 18.2. The van der Waals surface area contributed by atoms with Crippen LogP contribution in [0.1, 0.15) is 40.6 Å². The fraction of sp³-hybridized carbons (Fsp3) is 0.273. The molecule has 0 aliphatic carbocycles. The van der Waals surface area contributed by atoms with Crippen LogP contribution >= 0.6 is 0 Å². The topological polar surface area (TPSA) is 59.0 Å². The number of rotatable bonds is 3. The van der Waals surface area contributed by atoms with Crippen LogP contribution in [0, 0.1) is 12.7 Å². The van der Waals surface area contributed by atoms with Gasteiger partial charge in [-0.3, -0.25) is 9.78 Å². The number of piperidine rings is 1. The molecule has 1 aromatic carbocycles. The number of hydrogen-bond acceptors (Lipinski definition) is 4. The molecule has 0 N–H and O–H groups in total. The van der Waals surface area contributed by atoms with Crippen molar-refractivity contribution in [3.05, 3.63) is 77.9 Å². The van der Waals surface area contributed by atoms with E-state index in [-0.39, 0.29) is 17.4 Å². The van der Waals surface area contributed by atoms with Gasteiger partial charge >= 0.3 is 0 Å². The molecule has 0 spiro atoms. The van der Waals surface area contributed by atoms with E-state index in [0.29, 0.717) is 18.9 Å². The molecule has 1 saturated heterocycles. The Hall–Kier alpha value is -3.15. The van der Waals surface area contributed by atoms with Gasteiger partial charge in [0, 0.05) is 43.2 Å². The van der Waals surface area contributed by atoms with Gasteiger partial charge in [0.2, 0.25) is 0 Å². The first-order valence-corrected chi connectivity index (χ1v) is 9.41. The molecule has 2 aromatic heterocycles. The second kappa shape index (κ2) is 7.84. The van der Waals surface area contributed by atoms with Crippen LogP contribution < -0.4 is 0 Å². The second-order valence-electron chi connectivity index (χ2n) is 7.02. The van der Waals surface area contributed by atoms with E-state index in [1.165, 1.54) is 6.07 Å². The molecule has 3 heterocycles. The zero-order chi connectivity index (χ0) is 19.5. The van der Waals surface area contributed by atoms with Gasteiger partial charge in [-0.25, -0.2) is 14.4 Å². The van der Waals surface area contributed by atoms with Gasteiger partial charge in [-0.2, -0.15) is 0 Å². The SMILES string of the molecule is Cc1ncc(-c2ccncc2)c([C@@H]2CCCN(C(=O)c3ccccc3F)C2)n1. The lowest BCUT2D eigenvalue weighted by Crippen LogP contribution is -2.39. The highest BCUT2D eigenvalue weighted by molar-refractivity contribution is 5.94. The van der Waals surface area contributed by atoms with Gasteiger partial charge in [-0.1, -0.05) is 12.1 Å². The maximum atomic E-state index is 14.1. The first-order valence-electron chi connectivity index (χ1n) is 9.41. The summed E-state index contributed by atoms with van der Waals surface area (Å²) in [5.41, 5.74) is 3.02. The van der Waals surface area contributed by atoms with Gasteiger partial charge in [-0.05, 0) is 49.6 Å². The largest absolute Gasteiger partial charge is 0.338 e. The van der Waals surface area contributed by atoms with Crippen molar-refractivity contribution in [3.63, 3.8) is 0 Å². The zero-order valence-electron chi connectivity index (χ0n) is 15.7. The molecule has 1 atom stereocenters. The second-order valence-corrected chi connectivity index (χ2v) is 7.02. The number of nitrogens with zero attached hydrogens (tertiary/aromatic N) is 4. The number of hydrogen-bond donors (Lipinski definition) is 0. The van der Waals surface area contributed by atoms with Gasteiger partial charge in [0.25, 0.3) is 5.91 Å². The Balaban J connectivity index is 1.65. The summed E-state index contributed by atoms with van der Waals surface area (Å²) in [4.78, 5) is 27.8. The number of carbonyl (C=O) groups is 1. The number of benzene rings is 1. The number of carbonyl (C=O) groups excluding carboxylic acids is 1. The monoisotopic (exact) mass is 376 g/mol. The molecule has 3 aromatic rings. The molecule has 28 heavy (non-hydrogen) atoms. The number of aromatic nitrogens is 3. The molecule has 1 aliphatic heterocycles. The van der Waals surface area contributed by atoms with E-state index in [1.807, 2.05) is 25.3 Å². The minimum atomic E-state index is -0.482. The maximum absolute atomic E-state index is 14.1. The van der Waals surface area contributed by atoms with Crippen LogP contribution in [0.15, 0.2) is 55.0 Å². The molecule has 0 bridgehead atoms. The highest BCUT2D eigenvalue weighted by atomic mass is 19.1. The van der Waals surface area contributed by atoms with E-state index in [4.69, 9.17) is 4.98 Å². The predicted octanol–water partition coefficient (Wildman–Crippen LogP) is 4.01. The summed E-state index contributed by atoms with van der Waals surface area (Å²) in [6.07, 6.45) is 7.10. The van der Waals surface area contributed by atoms with E-state index < -0.39 is 5.82 Å². The zero-order valence-corrected chi connectivity index (χ0v) is 15.7. The molecule has 142 valence electrons. The third-order valence-electron chi connectivity index (χ3n) is 5.13. The number of likely N-dealkylation sites (tertiary alicyclic amines) is 1. The number of pyridine rings is 1. The summed E-state index contributed by atoms with van der Waals surface area (Å²) < 4.78 is 14.1. The molecule has 1 fully saturated rings. The Morgan fingerprint density at radius 2 is 1.96 bits per heavy atom. The normalized spacial score (nSPS) is 16.8. The van der Waals surface area contributed by atoms with Crippen molar-refractivity contribution in [3.8, 4) is 11.1 Å². The summed E-state index contributed by atoms with van der Waals surface area (Å²) in [5.74, 6) is 0.0312. The van der Waals surface area contributed by atoms with Crippen LogP contribution in [-0.4, -0.2) is 38.8 Å². The van der Waals surface area contributed by atoms with E-state index in [0.717, 1.165) is 29.7 Å². The maximum Gasteiger partial charge on any atom is 0.256 e. The van der Waals surface area contributed by atoms with Crippen molar-refractivity contribution in [2.24, 2.45) is 0 Å². The Morgan fingerprint density at radius 1 is 1.18 bits per heavy atom. The summed E-state index contributed by atoms with van der Waals surface area (Å²) in [6.45, 7) is 3.00. The molecule has 0 radical (unpaired) electrons. The van der Waals surface area contributed by atoms with Gasteiger partial charge in [0.1, 0.15) is 11.6 Å². The number of halogens is 1. The van der Waals surface area contributed by atoms with Crippen LogP contribution in [0.5, 0.6) is 0 Å². The minimum absolute atomic E-state index is 0.0781. The van der Waals surface area contributed by atoms with Crippen molar-refractivity contribution >= 4 is 5.91 Å². The Labute approximate surface area is 163 Å². The molecule has 5 nitrogen and oxygen atoms in total. The van der Waals surface area contributed by atoms with Gasteiger partial charge in [0.15, 0.2) is 0 Å². The summed E-state index contributed by atoms with van der Waals surface area (Å²) in [5, 5.41) is 0. The van der Waals surface area contributed by atoms with Crippen LogP contribution in [0.4, 0.5) is 4.39 Å². The Kier molecular flexibility index (Phi) is 5.10. The highest BCUT2D eigenvalue weighted by Crippen LogP contribution is 2.33. The lowest BCUT2D eigenvalue weighted by atomic mass is 9.89. The minimum Gasteiger partial charge on any atom is -0.338 e. The molecule has 0 saturated carbocycles. The predicted molar refractivity (Wildman–Crippen MR) is 104 cm³/mol. The lowest BCUT2D eigenvalue weighted by molar-refractivity contribution is 0.0701. The Bertz CT molecular complexity index is 993. The van der Waals surface area contributed by atoms with E-state index in [2.05, 4.69) is 9.97 Å². The molecule has 1 amide bonds. The van der Waals surface area contributed by atoms with Crippen molar-refractivity contribution in [2.75, 3.05) is 13.1 Å². The summed E-state index contributed by atoms with van der Waals surface area (Å²) in [6, 6.07) is 10.0. The van der Waals surface area contributed by atoms with E-state index in [9.17, 15) is 9.18 Å². The van der Waals surface area contributed by atoms with Gasteiger partial charge in [-0.15, -0.1) is 0 Å². The quantitative estimate of drug-likeness (QED) is 0.693. The van der Waals surface area contributed by atoms with Crippen LogP contribution in [0.2, 0.25) is 0 Å². The lowest BCUT2D eigenvalue weighted by Gasteiger charge is -2.33. The van der Waals surface area contributed by atoms with Crippen molar-refractivity contribution in [1.82, 2.24) is 19.9 Å². The average Bonchev–Trinajstić information content (AvgIpc) is 2.74. The molecular formula is C22H21FN4O.